The van der Waals surface area contributed by atoms with E-state index in [1.54, 1.807) is 18.5 Å². The van der Waals surface area contributed by atoms with Gasteiger partial charge in [0.15, 0.2) is 0 Å². The Labute approximate surface area is 129 Å². The smallest absolute Gasteiger partial charge is 0.255 e. The second-order valence-corrected chi connectivity index (χ2v) is 5.19. The van der Waals surface area contributed by atoms with E-state index < -0.39 is 0 Å². The quantitative estimate of drug-likeness (QED) is 0.799. The highest BCUT2D eigenvalue weighted by Gasteiger charge is 2.08. The van der Waals surface area contributed by atoms with E-state index in [2.05, 4.69) is 40.8 Å². The molecule has 0 saturated heterocycles. The summed E-state index contributed by atoms with van der Waals surface area (Å²) in [7, 11) is 0. The molecule has 0 atom stereocenters. The molecule has 3 aromatic rings. The molecule has 22 heavy (non-hydrogen) atoms. The highest BCUT2D eigenvalue weighted by atomic mass is 16.1. The van der Waals surface area contributed by atoms with Gasteiger partial charge in [-0.05, 0) is 62.4 Å². The molecule has 0 aliphatic heterocycles. The van der Waals surface area contributed by atoms with Gasteiger partial charge in [0.05, 0.1) is 11.9 Å². The van der Waals surface area contributed by atoms with Crippen molar-refractivity contribution in [1.29, 1.82) is 0 Å². The highest BCUT2D eigenvalue weighted by molar-refractivity contribution is 6.04. The molecular formula is C18H17N3O. The fourth-order valence-electron chi connectivity index (χ4n) is 2.48. The number of carbonyl (C=O) groups excluding carboxylic acids is 1. The Kier molecular flexibility index (Phi) is 3.74. The fourth-order valence-corrected chi connectivity index (χ4v) is 2.48. The Morgan fingerprint density at radius 2 is 1.68 bits per heavy atom. The first-order valence-electron chi connectivity index (χ1n) is 7.12. The van der Waals surface area contributed by atoms with Gasteiger partial charge in [0.25, 0.3) is 5.91 Å². The molecule has 0 saturated carbocycles. The number of aromatic nitrogens is 2. The van der Waals surface area contributed by atoms with Crippen molar-refractivity contribution in [3.05, 3.63) is 77.9 Å². The minimum absolute atomic E-state index is 0.138. The molecule has 0 radical (unpaired) electrons. The number of benzene rings is 1. The zero-order valence-electron chi connectivity index (χ0n) is 12.6. The van der Waals surface area contributed by atoms with Gasteiger partial charge in [-0.3, -0.25) is 9.78 Å². The summed E-state index contributed by atoms with van der Waals surface area (Å²) in [5.41, 5.74) is 4.71. The predicted octanol–water partition coefficient (Wildman–Crippen LogP) is 3.74. The maximum absolute atomic E-state index is 12.2. The van der Waals surface area contributed by atoms with Crippen molar-refractivity contribution in [3.8, 4) is 5.69 Å². The molecule has 2 aromatic heterocycles. The molecule has 0 aliphatic carbocycles. The first-order valence-corrected chi connectivity index (χ1v) is 7.12. The summed E-state index contributed by atoms with van der Waals surface area (Å²) >= 11 is 0. The number of aryl methyl sites for hydroxylation is 2. The summed E-state index contributed by atoms with van der Waals surface area (Å²) in [6.45, 7) is 4.13. The lowest BCUT2D eigenvalue weighted by atomic mass is 10.2. The molecular weight excluding hydrogens is 274 g/mol. The molecule has 4 heteroatoms. The number of carbonyl (C=O) groups is 1. The zero-order chi connectivity index (χ0) is 15.5. The molecule has 2 heterocycles. The van der Waals surface area contributed by atoms with Crippen LogP contribution in [0.2, 0.25) is 0 Å². The summed E-state index contributed by atoms with van der Waals surface area (Å²) < 4.78 is 2.16. The molecule has 0 fully saturated rings. The summed E-state index contributed by atoms with van der Waals surface area (Å²) in [5.74, 6) is -0.138. The van der Waals surface area contributed by atoms with E-state index in [0.29, 0.717) is 11.3 Å². The number of nitrogens with zero attached hydrogens (tertiary/aromatic N) is 2. The largest absolute Gasteiger partial charge is 0.321 e. The van der Waals surface area contributed by atoms with Crippen molar-refractivity contribution < 1.29 is 4.79 Å². The van der Waals surface area contributed by atoms with E-state index >= 15 is 0 Å². The van der Waals surface area contributed by atoms with Crippen LogP contribution in [0.3, 0.4) is 0 Å². The van der Waals surface area contributed by atoms with Gasteiger partial charge in [-0.2, -0.15) is 0 Å². The van der Waals surface area contributed by atoms with Gasteiger partial charge in [-0.1, -0.05) is 0 Å². The van der Waals surface area contributed by atoms with Gasteiger partial charge in [0, 0.05) is 28.8 Å². The second-order valence-electron chi connectivity index (χ2n) is 5.19. The minimum Gasteiger partial charge on any atom is -0.321 e. The van der Waals surface area contributed by atoms with E-state index in [0.717, 1.165) is 5.69 Å². The number of pyridine rings is 1. The summed E-state index contributed by atoms with van der Waals surface area (Å²) in [5, 5.41) is 2.83. The SMILES string of the molecule is Cc1ccc(C)n1-c1ccc(C(=O)Nc2cccnc2)cc1. The van der Waals surface area contributed by atoms with E-state index in [1.807, 2.05) is 30.3 Å². The van der Waals surface area contributed by atoms with Gasteiger partial charge < -0.3 is 9.88 Å². The normalized spacial score (nSPS) is 10.5. The molecule has 1 amide bonds. The number of hydrogen-bond acceptors (Lipinski definition) is 2. The molecule has 0 spiro atoms. The van der Waals surface area contributed by atoms with Crippen LogP contribution in [0.25, 0.3) is 5.69 Å². The van der Waals surface area contributed by atoms with Crippen molar-refractivity contribution in [2.24, 2.45) is 0 Å². The van der Waals surface area contributed by atoms with Crippen LogP contribution in [0.5, 0.6) is 0 Å². The molecule has 0 aliphatic rings. The van der Waals surface area contributed by atoms with Crippen LogP contribution in [0.1, 0.15) is 21.7 Å². The molecule has 4 nitrogen and oxygen atoms in total. The first-order chi connectivity index (χ1) is 10.6. The lowest BCUT2D eigenvalue weighted by Crippen LogP contribution is -2.12. The van der Waals surface area contributed by atoms with Crippen LogP contribution >= 0.6 is 0 Å². The molecule has 1 aromatic carbocycles. The van der Waals surface area contributed by atoms with Crippen LogP contribution in [-0.2, 0) is 0 Å². The highest BCUT2D eigenvalue weighted by Crippen LogP contribution is 2.17. The molecule has 110 valence electrons. The third kappa shape index (κ3) is 2.76. The van der Waals surface area contributed by atoms with Crippen LogP contribution in [0.15, 0.2) is 60.9 Å². The topological polar surface area (TPSA) is 46.9 Å². The van der Waals surface area contributed by atoms with Crippen molar-refractivity contribution in [3.63, 3.8) is 0 Å². The number of hydrogen-bond donors (Lipinski definition) is 1. The summed E-state index contributed by atoms with van der Waals surface area (Å²) in [6.07, 6.45) is 3.30. The summed E-state index contributed by atoms with van der Waals surface area (Å²) in [4.78, 5) is 16.2. The third-order valence-corrected chi connectivity index (χ3v) is 3.58. The Morgan fingerprint density at radius 3 is 2.27 bits per heavy atom. The van der Waals surface area contributed by atoms with E-state index in [9.17, 15) is 4.79 Å². The van der Waals surface area contributed by atoms with Crippen molar-refractivity contribution in [2.45, 2.75) is 13.8 Å². The minimum atomic E-state index is -0.138. The van der Waals surface area contributed by atoms with Crippen molar-refractivity contribution >= 4 is 11.6 Å². The zero-order valence-corrected chi connectivity index (χ0v) is 12.6. The van der Waals surface area contributed by atoms with Crippen molar-refractivity contribution in [2.75, 3.05) is 5.32 Å². The van der Waals surface area contributed by atoms with Gasteiger partial charge in [-0.15, -0.1) is 0 Å². The second kappa shape index (κ2) is 5.85. The molecule has 0 bridgehead atoms. The average Bonchev–Trinajstić information content (AvgIpc) is 2.87. The monoisotopic (exact) mass is 291 g/mol. The van der Waals surface area contributed by atoms with Crippen LogP contribution < -0.4 is 5.32 Å². The van der Waals surface area contributed by atoms with E-state index in [-0.39, 0.29) is 5.91 Å². The third-order valence-electron chi connectivity index (χ3n) is 3.58. The van der Waals surface area contributed by atoms with Crippen LogP contribution in [-0.4, -0.2) is 15.5 Å². The maximum Gasteiger partial charge on any atom is 0.255 e. The lowest BCUT2D eigenvalue weighted by molar-refractivity contribution is 0.102. The number of rotatable bonds is 3. The Balaban J connectivity index is 1.81. The lowest BCUT2D eigenvalue weighted by Gasteiger charge is -2.10. The fraction of sp³-hybridized carbons (Fsp3) is 0.111. The average molecular weight is 291 g/mol. The Morgan fingerprint density at radius 1 is 1.00 bits per heavy atom. The summed E-state index contributed by atoms with van der Waals surface area (Å²) in [6, 6.07) is 15.3. The van der Waals surface area contributed by atoms with Gasteiger partial charge in [0.2, 0.25) is 0 Å². The van der Waals surface area contributed by atoms with Gasteiger partial charge in [0.1, 0.15) is 0 Å². The molecule has 3 rings (SSSR count). The van der Waals surface area contributed by atoms with Gasteiger partial charge in [-0.25, -0.2) is 0 Å². The van der Waals surface area contributed by atoms with Crippen LogP contribution in [0, 0.1) is 13.8 Å². The maximum atomic E-state index is 12.2. The first kappa shape index (κ1) is 14.1. The van der Waals surface area contributed by atoms with Crippen molar-refractivity contribution in [1.82, 2.24) is 9.55 Å². The standard InChI is InChI=1S/C18H17N3O/c1-13-5-6-14(2)21(13)17-9-7-15(8-10-17)18(22)20-16-4-3-11-19-12-16/h3-12H,1-2H3,(H,20,22). The number of amides is 1. The molecule has 0 unspecified atom stereocenters. The Hall–Kier alpha value is -2.88. The van der Waals surface area contributed by atoms with E-state index in [4.69, 9.17) is 0 Å². The van der Waals surface area contributed by atoms with E-state index in [1.165, 1.54) is 11.4 Å². The van der Waals surface area contributed by atoms with Gasteiger partial charge >= 0.3 is 0 Å². The number of nitrogens with one attached hydrogen (secondary N) is 1. The van der Waals surface area contributed by atoms with Crippen LogP contribution in [0.4, 0.5) is 5.69 Å². The predicted molar refractivity (Wildman–Crippen MR) is 87.4 cm³/mol. The number of anilines is 1. The Bertz CT molecular complexity index is 769. The molecule has 1 N–H and O–H groups in total.